The highest BCUT2D eigenvalue weighted by atomic mass is 16.6. The van der Waals surface area contributed by atoms with Gasteiger partial charge in [-0.2, -0.15) is 0 Å². The summed E-state index contributed by atoms with van der Waals surface area (Å²) >= 11 is 0. The lowest BCUT2D eigenvalue weighted by Crippen LogP contribution is -1.95. The van der Waals surface area contributed by atoms with E-state index in [1.54, 1.807) is 12.1 Å². The predicted octanol–water partition coefficient (Wildman–Crippen LogP) is 3.59. The van der Waals surface area contributed by atoms with E-state index in [0.29, 0.717) is 12.5 Å². The normalized spacial score (nSPS) is 11.2. The summed E-state index contributed by atoms with van der Waals surface area (Å²) in [7, 11) is 0. The van der Waals surface area contributed by atoms with Gasteiger partial charge in [0.25, 0.3) is 0 Å². The van der Waals surface area contributed by atoms with Crippen LogP contribution in [0.4, 0.5) is 11.6 Å². The number of allylic oxidation sites excluding steroid dienone is 1. The van der Waals surface area contributed by atoms with Crippen LogP contribution in [-0.4, -0.2) is 25.8 Å². The van der Waals surface area contributed by atoms with E-state index in [1.807, 2.05) is 28.8 Å². The summed E-state index contributed by atoms with van der Waals surface area (Å²) in [4.78, 5) is 19.0. The fourth-order valence-corrected chi connectivity index (χ4v) is 2.40. The number of imidazole rings is 1. The van der Waals surface area contributed by atoms with E-state index in [1.165, 1.54) is 18.3 Å². The Morgan fingerprint density at radius 1 is 1.29 bits per heavy atom. The molecular formula is C17H14N4O3. The van der Waals surface area contributed by atoms with Gasteiger partial charge in [0.15, 0.2) is 0 Å². The van der Waals surface area contributed by atoms with Crippen molar-refractivity contribution in [2.24, 2.45) is 4.99 Å². The number of hydrogen-bond donors (Lipinski definition) is 1. The number of nitrogens with zero attached hydrogens (tertiary/aromatic N) is 4. The molecule has 1 N–H and O–H groups in total. The van der Waals surface area contributed by atoms with Gasteiger partial charge < -0.3 is 9.67 Å². The number of fused-ring (bicyclic) bond motifs is 1. The van der Waals surface area contributed by atoms with Gasteiger partial charge in [-0.05, 0) is 18.2 Å². The van der Waals surface area contributed by atoms with E-state index in [-0.39, 0.29) is 11.3 Å². The van der Waals surface area contributed by atoms with Crippen molar-refractivity contribution in [1.29, 1.82) is 0 Å². The first-order valence-electron chi connectivity index (χ1n) is 7.18. The molecule has 0 amide bonds. The molecule has 0 radical (unpaired) electrons. The third-order valence-corrected chi connectivity index (χ3v) is 3.51. The molecule has 0 aliphatic carbocycles. The van der Waals surface area contributed by atoms with Crippen LogP contribution in [0.2, 0.25) is 0 Å². The Morgan fingerprint density at radius 3 is 2.83 bits per heavy atom. The van der Waals surface area contributed by atoms with Gasteiger partial charge in [0.05, 0.1) is 16.0 Å². The highest BCUT2D eigenvalue weighted by molar-refractivity contribution is 5.88. The van der Waals surface area contributed by atoms with Gasteiger partial charge in [0.1, 0.15) is 0 Å². The van der Waals surface area contributed by atoms with E-state index < -0.39 is 10.7 Å². The molecule has 0 saturated carbocycles. The molecule has 0 aliphatic rings. The summed E-state index contributed by atoms with van der Waals surface area (Å²) in [5.74, 6) is 0.0136. The van der Waals surface area contributed by atoms with Crippen molar-refractivity contribution in [1.82, 2.24) is 9.55 Å². The molecule has 0 bridgehead atoms. The second-order valence-electron chi connectivity index (χ2n) is 5.03. The highest BCUT2D eigenvalue weighted by Gasteiger charge is 2.15. The zero-order chi connectivity index (χ0) is 17.1. The molecule has 0 spiro atoms. The maximum Gasteiger partial charge on any atom is 0.311 e. The van der Waals surface area contributed by atoms with Crippen LogP contribution in [0.5, 0.6) is 5.75 Å². The van der Waals surface area contributed by atoms with Crippen LogP contribution in [0, 0.1) is 10.1 Å². The van der Waals surface area contributed by atoms with E-state index >= 15 is 0 Å². The molecule has 120 valence electrons. The molecule has 0 atom stereocenters. The fourth-order valence-electron chi connectivity index (χ4n) is 2.40. The minimum atomic E-state index is -0.639. The Kier molecular flexibility index (Phi) is 4.07. The zero-order valence-corrected chi connectivity index (χ0v) is 12.7. The molecule has 3 rings (SSSR count). The number of benzene rings is 2. The lowest BCUT2D eigenvalue weighted by Gasteiger charge is -2.02. The van der Waals surface area contributed by atoms with Gasteiger partial charge >= 0.3 is 5.69 Å². The first-order chi connectivity index (χ1) is 11.6. The van der Waals surface area contributed by atoms with Crippen LogP contribution >= 0.6 is 0 Å². The third kappa shape index (κ3) is 2.74. The third-order valence-electron chi connectivity index (χ3n) is 3.51. The average molecular weight is 322 g/mol. The van der Waals surface area contributed by atoms with E-state index in [0.717, 1.165) is 11.0 Å². The van der Waals surface area contributed by atoms with Crippen LogP contribution in [0.25, 0.3) is 11.0 Å². The topological polar surface area (TPSA) is 93.5 Å². The number of nitro benzene ring substituents is 1. The SMILES string of the molecule is C=CCn1c(/N=C/c2cccc([N+](=O)[O-])c2O)nc2ccccc21. The summed E-state index contributed by atoms with van der Waals surface area (Å²) in [6.45, 7) is 4.25. The van der Waals surface area contributed by atoms with Gasteiger partial charge in [0, 0.05) is 24.4 Å². The van der Waals surface area contributed by atoms with Crippen molar-refractivity contribution < 1.29 is 10.0 Å². The van der Waals surface area contributed by atoms with Crippen LogP contribution in [0.3, 0.4) is 0 Å². The van der Waals surface area contributed by atoms with Crippen molar-refractivity contribution in [3.63, 3.8) is 0 Å². The minimum absolute atomic E-state index is 0.251. The second kappa shape index (κ2) is 6.33. The molecule has 1 heterocycles. The number of aromatic nitrogens is 2. The minimum Gasteiger partial charge on any atom is -0.502 e. The largest absolute Gasteiger partial charge is 0.502 e. The molecule has 0 saturated heterocycles. The number of phenolic OH excluding ortho intramolecular Hbond substituents is 1. The zero-order valence-electron chi connectivity index (χ0n) is 12.7. The monoisotopic (exact) mass is 322 g/mol. The quantitative estimate of drug-likeness (QED) is 0.336. The molecular weight excluding hydrogens is 308 g/mol. The first-order valence-corrected chi connectivity index (χ1v) is 7.18. The van der Waals surface area contributed by atoms with Gasteiger partial charge in [0.2, 0.25) is 11.7 Å². The fraction of sp³-hybridized carbons (Fsp3) is 0.0588. The van der Waals surface area contributed by atoms with E-state index in [4.69, 9.17) is 0 Å². The summed E-state index contributed by atoms with van der Waals surface area (Å²) in [6, 6.07) is 11.9. The van der Waals surface area contributed by atoms with Crippen LogP contribution < -0.4 is 0 Å². The Balaban J connectivity index is 2.05. The Hall–Kier alpha value is -3.48. The number of nitro groups is 1. The number of rotatable bonds is 5. The van der Waals surface area contributed by atoms with E-state index in [2.05, 4.69) is 16.6 Å². The Bertz CT molecular complexity index is 960. The molecule has 1 aromatic heterocycles. The van der Waals surface area contributed by atoms with Crippen LogP contribution in [0.1, 0.15) is 5.56 Å². The van der Waals surface area contributed by atoms with Crippen molar-refractivity contribution in [3.8, 4) is 5.75 Å². The molecule has 0 unspecified atom stereocenters. The van der Waals surface area contributed by atoms with Crippen LogP contribution in [-0.2, 0) is 6.54 Å². The summed E-state index contributed by atoms with van der Waals surface area (Å²) in [5.41, 5.74) is 1.59. The van der Waals surface area contributed by atoms with Gasteiger partial charge in [-0.15, -0.1) is 6.58 Å². The maximum absolute atomic E-state index is 10.9. The number of para-hydroxylation sites is 3. The number of phenols is 1. The maximum atomic E-state index is 10.9. The summed E-state index contributed by atoms with van der Waals surface area (Å²) in [5, 5.41) is 20.9. The lowest BCUT2D eigenvalue weighted by atomic mass is 10.2. The second-order valence-corrected chi connectivity index (χ2v) is 5.03. The molecule has 3 aromatic rings. The molecule has 0 fully saturated rings. The number of aromatic hydroxyl groups is 1. The van der Waals surface area contributed by atoms with Gasteiger partial charge in [-0.25, -0.2) is 9.98 Å². The molecule has 7 nitrogen and oxygen atoms in total. The van der Waals surface area contributed by atoms with Crippen molar-refractivity contribution in [3.05, 3.63) is 70.8 Å². The number of hydrogen-bond acceptors (Lipinski definition) is 5. The standard InChI is InChI=1S/C17H14N4O3/c1-2-10-20-14-8-4-3-7-13(14)19-17(20)18-11-12-6-5-9-15(16(12)22)21(23)24/h2-9,11,22H,1,10H2/b18-11+. The number of aliphatic imine (C=N–C) groups is 1. The first kappa shape index (κ1) is 15.4. The smallest absolute Gasteiger partial charge is 0.311 e. The van der Waals surface area contributed by atoms with Gasteiger partial charge in [-0.3, -0.25) is 10.1 Å². The van der Waals surface area contributed by atoms with Crippen molar-refractivity contribution in [2.75, 3.05) is 0 Å². The molecule has 7 heteroatoms. The lowest BCUT2D eigenvalue weighted by molar-refractivity contribution is -0.385. The Morgan fingerprint density at radius 2 is 2.08 bits per heavy atom. The molecule has 24 heavy (non-hydrogen) atoms. The highest BCUT2D eigenvalue weighted by Crippen LogP contribution is 2.29. The van der Waals surface area contributed by atoms with Crippen molar-refractivity contribution >= 4 is 28.9 Å². The van der Waals surface area contributed by atoms with E-state index in [9.17, 15) is 15.2 Å². The predicted molar refractivity (Wildman–Crippen MR) is 91.9 cm³/mol. The van der Waals surface area contributed by atoms with Crippen LogP contribution in [0.15, 0.2) is 60.1 Å². The summed E-state index contributed by atoms with van der Waals surface area (Å²) < 4.78 is 1.87. The average Bonchev–Trinajstić information content (AvgIpc) is 2.92. The molecule has 2 aromatic carbocycles. The Labute approximate surface area is 137 Å². The van der Waals surface area contributed by atoms with Gasteiger partial charge in [-0.1, -0.05) is 24.3 Å². The summed E-state index contributed by atoms with van der Waals surface area (Å²) in [6.07, 6.45) is 3.10. The molecule has 0 aliphatic heterocycles. The van der Waals surface area contributed by atoms with Crippen molar-refractivity contribution in [2.45, 2.75) is 6.54 Å².